The molecule has 6 N–H and O–H groups in total. The van der Waals surface area contributed by atoms with E-state index in [2.05, 4.69) is 48.3 Å². The number of hydrogen-bond acceptors (Lipinski definition) is 8. The Morgan fingerprint density at radius 2 is 1.22 bits per heavy atom. The zero-order valence-corrected chi connectivity index (χ0v) is 19.3. The lowest BCUT2D eigenvalue weighted by atomic mass is 10.0. The first-order valence-corrected chi connectivity index (χ1v) is 11.3. The van der Waals surface area contributed by atoms with Crippen LogP contribution in [0.15, 0.2) is 9.98 Å². The highest BCUT2D eigenvalue weighted by atomic mass is 16.5. The van der Waals surface area contributed by atoms with Gasteiger partial charge in [0.05, 0.1) is 12.2 Å². The van der Waals surface area contributed by atoms with Gasteiger partial charge < -0.3 is 20.9 Å². The van der Waals surface area contributed by atoms with E-state index in [0.29, 0.717) is 11.8 Å². The van der Waals surface area contributed by atoms with Crippen LogP contribution in [-0.2, 0) is 9.47 Å². The topological polar surface area (TPSA) is 160 Å². The average molecular weight is 453 g/mol. The second-order valence-corrected chi connectivity index (χ2v) is 8.67. The number of amides is 4. The minimum absolute atomic E-state index is 0.170. The predicted octanol–water partition coefficient (Wildman–Crippen LogP) is 0.890. The molecule has 0 radical (unpaired) electrons. The Kier molecular flexibility index (Phi) is 7.77. The number of urea groups is 2. The number of guanidine groups is 2. The number of aliphatic imine (C=N–C) groups is 2. The van der Waals surface area contributed by atoms with Crippen molar-refractivity contribution in [3.05, 3.63) is 0 Å². The Morgan fingerprint density at radius 3 is 1.50 bits per heavy atom. The Morgan fingerprint density at radius 1 is 0.844 bits per heavy atom. The molecule has 4 amide bonds. The first kappa shape index (κ1) is 24.1. The summed E-state index contributed by atoms with van der Waals surface area (Å²) >= 11 is 0. The summed E-state index contributed by atoms with van der Waals surface area (Å²) in [5.41, 5.74) is 10.8. The van der Waals surface area contributed by atoms with Gasteiger partial charge in [-0.15, -0.1) is 0 Å². The van der Waals surface area contributed by atoms with Crippen LogP contribution in [-0.4, -0.2) is 71.8 Å². The number of carbonyl (C=O) groups is 2. The van der Waals surface area contributed by atoms with Crippen LogP contribution >= 0.6 is 0 Å². The van der Waals surface area contributed by atoms with Crippen molar-refractivity contribution >= 4 is 24.0 Å². The maximum absolute atomic E-state index is 11.7. The SMILES string of the molecule is CCC1O[C@@H](N2CN=C(N)NC2=O)CC1C.CCC1O[C@H](N2CN=C(N)NC2=O)CC1C. The van der Waals surface area contributed by atoms with E-state index in [4.69, 9.17) is 20.9 Å². The molecule has 0 spiro atoms. The van der Waals surface area contributed by atoms with Gasteiger partial charge in [0, 0.05) is 0 Å². The first-order chi connectivity index (χ1) is 15.2. The van der Waals surface area contributed by atoms with Crippen LogP contribution in [0.4, 0.5) is 9.59 Å². The van der Waals surface area contributed by atoms with Crippen LogP contribution in [0.5, 0.6) is 0 Å². The molecule has 0 bridgehead atoms. The number of ether oxygens (including phenoxy) is 2. The van der Waals surface area contributed by atoms with Crippen molar-refractivity contribution in [2.45, 2.75) is 78.0 Å². The highest BCUT2D eigenvalue weighted by molar-refractivity contribution is 5.97. The molecule has 4 unspecified atom stereocenters. The summed E-state index contributed by atoms with van der Waals surface area (Å²) in [5.74, 6) is 1.32. The van der Waals surface area contributed by atoms with Gasteiger partial charge in [-0.3, -0.25) is 20.4 Å². The molecule has 4 heterocycles. The normalized spacial score (nSPS) is 34.9. The number of nitrogens with two attached hydrogens (primary N) is 2. The van der Waals surface area contributed by atoms with Crippen LogP contribution in [0.2, 0.25) is 0 Å². The molecule has 0 saturated carbocycles. The standard InChI is InChI=1S/2C10H18N4O2/c2*1-3-7-6(2)4-8(16-7)14-5-12-9(11)13-10(14)15/h2*6-8H,3-5H2,1-2H3,(H3,11,12,13,15)/t2*6?,7?,8-/m10/s1. The Bertz CT molecular complexity index is 698. The van der Waals surface area contributed by atoms with Crippen LogP contribution in [0.1, 0.15) is 53.4 Å². The zero-order chi connectivity index (χ0) is 23.4. The van der Waals surface area contributed by atoms with Gasteiger partial charge in [-0.2, -0.15) is 0 Å². The number of carbonyl (C=O) groups excluding carboxylic acids is 2. The first-order valence-electron chi connectivity index (χ1n) is 11.3. The second kappa shape index (κ2) is 10.3. The van der Waals surface area contributed by atoms with Gasteiger partial charge in [0.2, 0.25) is 0 Å². The van der Waals surface area contributed by atoms with Crippen LogP contribution in [0, 0.1) is 11.8 Å². The Balaban J connectivity index is 0.000000181. The molecule has 12 nitrogen and oxygen atoms in total. The van der Waals surface area contributed by atoms with E-state index in [1.165, 1.54) is 0 Å². The van der Waals surface area contributed by atoms with Gasteiger partial charge in [-0.1, -0.05) is 27.7 Å². The van der Waals surface area contributed by atoms with Gasteiger partial charge >= 0.3 is 12.1 Å². The molecule has 4 rings (SSSR count). The molecular weight excluding hydrogens is 416 g/mol. The molecule has 0 aromatic rings. The summed E-state index contributed by atoms with van der Waals surface area (Å²) in [6.07, 6.45) is 3.80. The van der Waals surface area contributed by atoms with Crippen LogP contribution in [0.3, 0.4) is 0 Å². The summed E-state index contributed by atoms with van der Waals surface area (Å²) in [6.45, 7) is 9.05. The molecule has 0 aromatic heterocycles. The fourth-order valence-corrected chi connectivity index (χ4v) is 4.44. The Hall–Kier alpha value is -2.60. The number of rotatable bonds is 4. The molecule has 2 saturated heterocycles. The molecule has 4 aliphatic heterocycles. The molecule has 32 heavy (non-hydrogen) atoms. The monoisotopic (exact) mass is 452 g/mol. The molecule has 0 aliphatic carbocycles. The molecule has 4 aliphatic rings. The average Bonchev–Trinajstić information content (AvgIpc) is 3.30. The van der Waals surface area contributed by atoms with E-state index in [9.17, 15) is 9.59 Å². The smallest absolute Gasteiger partial charge is 0.327 e. The van der Waals surface area contributed by atoms with Crippen molar-refractivity contribution in [2.24, 2.45) is 33.3 Å². The number of nitrogens with zero attached hydrogens (tertiary/aromatic N) is 4. The van der Waals surface area contributed by atoms with E-state index in [-0.39, 0.29) is 62.0 Å². The number of hydrogen-bond donors (Lipinski definition) is 4. The van der Waals surface area contributed by atoms with E-state index in [1.807, 2.05) is 0 Å². The van der Waals surface area contributed by atoms with Crippen molar-refractivity contribution < 1.29 is 19.1 Å². The van der Waals surface area contributed by atoms with Crippen LogP contribution in [0.25, 0.3) is 0 Å². The highest BCUT2D eigenvalue weighted by Crippen LogP contribution is 2.31. The predicted molar refractivity (Wildman–Crippen MR) is 119 cm³/mol. The van der Waals surface area contributed by atoms with Crippen LogP contribution < -0.4 is 22.1 Å². The lowest BCUT2D eigenvalue weighted by Gasteiger charge is -2.30. The molecule has 2 fully saturated rings. The highest BCUT2D eigenvalue weighted by Gasteiger charge is 2.38. The third-order valence-electron chi connectivity index (χ3n) is 6.36. The molecule has 180 valence electrons. The molecular formula is C20H36N8O4. The van der Waals surface area contributed by atoms with Crippen molar-refractivity contribution in [2.75, 3.05) is 13.3 Å². The van der Waals surface area contributed by atoms with Gasteiger partial charge in [-0.05, 0) is 37.5 Å². The van der Waals surface area contributed by atoms with Crippen molar-refractivity contribution in [3.63, 3.8) is 0 Å². The van der Waals surface area contributed by atoms with E-state index in [0.717, 1.165) is 25.7 Å². The molecule has 12 heteroatoms. The van der Waals surface area contributed by atoms with E-state index in [1.54, 1.807) is 9.80 Å². The lowest BCUT2D eigenvalue weighted by molar-refractivity contribution is -0.0378. The fraction of sp³-hybridized carbons (Fsp3) is 0.800. The van der Waals surface area contributed by atoms with Gasteiger partial charge in [0.15, 0.2) is 11.9 Å². The molecule has 6 atom stereocenters. The second-order valence-electron chi connectivity index (χ2n) is 8.67. The largest absolute Gasteiger partial charge is 0.370 e. The quantitative estimate of drug-likeness (QED) is 0.495. The van der Waals surface area contributed by atoms with Crippen molar-refractivity contribution in [1.29, 1.82) is 0 Å². The van der Waals surface area contributed by atoms with Crippen molar-refractivity contribution in [3.8, 4) is 0 Å². The summed E-state index contributed by atoms with van der Waals surface area (Å²) in [6, 6.07) is -0.442. The third kappa shape index (κ3) is 5.41. The zero-order valence-electron chi connectivity index (χ0n) is 19.3. The van der Waals surface area contributed by atoms with E-state index < -0.39 is 0 Å². The lowest BCUT2D eigenvalue weighted by Crippen LogP contribution is -2.54. The maximum atomic E-state index is 11.7. The molecule has 0 aromatic carbocycles. The maximum Gasteiger partial charge on any atom is 0.327 e. The minimum Gasteiger partial charge on any atom is -0.370 e. The van der Waals surface area contributed by atoms with E-state index >= 15 is 0 Å². The third-order valence-corrected chi connectivity index (χ3v) is 6.36. The Labute approximate surface area is 188 Å². The summed E-state index contributed by atoms with van der Waals surface area (Å²) in [4.78, 5) is 34.5. The van der Waals surface area contributed by atoms with Gasteiger partial charge in [0.1, 0.15) is 25.8 Å². The van der Waals surface area contributed by atoms with Gasteiger partial charge in [0.25, 0.3) is 0 Å². The fourth-order valence-electron chi connectivity index (χ4n) is 4.44. The summed E-state index contributed by atoms with van der Waals surface area (Å²) in [7, 11) is 0. The van der Waals surface area contributed by atoms with Gasteiger partial charge in [-0.25, -0.2) is 19.6 Å². The summed E-state index contributed by atoms with van der Waals surface area (Å²) < 4.78 is 11.6. The van der Waals surface area contributed by atoms with Crippen molar-refractivity contribution in [1.82, 2.24) is 20.4 Å². The minimum atomic E-state index is -0.221. The summed E-state index contributed by atoms with van der Waals surface area (Å²) in [5, 5.41) is 4.98. The number of nitrogens with one attached hydrogen (secondary N) is 2.